The third-order valence-electron chi connectivity index (χ3n) is 3.59. The number of halogens is 2. The Kier molecular flexibility index (Phi) is 4.70. The van der Waals surface area contributed by atoms with E-state index in [2.05, 4.69) is 0 Å². The number of nitrogens with two attached hydrogens (primary N) is 2. The van der Waals surface area contributed by atoms with Gasteiger partial charge in [0, 0.05) is 12.1 Å². The minimum Gasteiger partial charge on any atom is -0.401 e. The summed E-state index contributed by atoms with van der Waals surface area (Å²) in [5.74, 6) is -3.17. The minimum atomic E-state index is -1.05. The van der Waals surface area contributed by atoms with E-state index in [0.717, 1.165) is 0 Å². The number of nitrogens with one attached hydrogen (secondary N) is 1. The van der Waals surface area contributed by atoms with Gasteiger partial charge in [0.15, 0.2) is 0 Å². The molecular weight excluding hydrogens is 288 g/mol. The quantitative estimate of drug-likeness (QED) is 0.695. The van der Waals surface area contributed by atoms with Crippen molar-refractivity contribution in [3.8, 4) is 0 Å². The number of hydrogen-bond donors (Lipinski definition) is 3. The van der Waals surface area contributed by atoms with Gasteiger partial charge in [0.2, 0.25) is 5.91 Å². The molecule has 22 heavy (non-hydrogen) atoms. The highest BCUT2D eigenvalue weighted by molar-refractivity contribution is 6.08. The van der Waals surface area contributed by atoms with Gasteiger partial charge >= 0.3 is 0 Å². The number of carbonyl (C=O) groups is 1. The summed E-state index contributed by atoms with van der Waals surface area (Å²) in [7, 11) is 0. The van der Waals surface area contributed by atoms with E-state index in [1.54, 1.807) is 6.08 Å². The first-order chi connectivity index (χ1) is 10.4. The molecule has 5 N–H and O–H groups in total. The molecule has 0 aromatic carbocycles. The highest BCUT2D eigenvalue weighted by atomic mass is 19.1. The highest BCUT2D eigenvalue weighted by Gasteiger charge is 2.32. The van der Waals surface area contributed by atoms with Crippen molar-refractivity contribution in [2.45, 2.75) is 12.6 Å². The summed E-state index contributed by atoms with van der Waals surface area (Å²) in [5.41, 5.74) is 11.7. The number of hydrogen-bond acceptors (Lipinski definition) is 3. The van der Waals surface area contributed by atoms with E-state index in [-0.39, 0.29) is 17.8 Å². The predicted octanol–water partition coefficient (Wildman–Crippen LogP) is 2.21. The van der Waals surface area contributed by atoms with E-state index in [9.17, 15) is 13.6 Å². The Hall–Kier alpha value is -2.50. The average molecular weight is 305 g/mol. The van der Waals surface area contributed by atoms with Gasteiger partial charge < -0.3 is 16.9 Å². The lowest BCUT2D eigenvalue weighted by Crippen LogP contribution is -2.33. The van der Waals surface area contributed by atoms with Crippen molar-refractivity contribution in [1.82, 2.24) is 0 Å². The first kappa shape index (κ1) is 15.9. The molecule has 3 atom stereocenters. The lowest BCUT2D eigenvalue weighted by molar-refractivity contribution is -0.121. The van der Waals surface area contributed by atoms with E-state index >= 15 is 0 Å². The van der Waals surface area contributed by atoms with Gasteiger partial charge in [-0.25, -0.2) is 8.78 Å². The lowest BCUT2D eigenvalue weighted by atomic mass is 9.83. The molecule has 2 rings (SSSR count). The Morgan fingerprint density at radius 2 is 2.09 bits per heavy atom. The molecule has 6 heteroatoms. The van der Waals surface area contributed by atoms with Crippen LogP contribution in [0.2, 0.25) is 0 Å². The van der Waals surface area contributed by atoms with Crippen LogP contribution in [0, 0.1) is 17.2 Å². The molecule has 0 aromatic rings. The van der Waals surface area contributed by atoms with Gasteiger partial charge in [-0.1, -0.05) is 24.3 Å². The van der Waals surface area contributed by atoms with Gasteiger partial charge in [-0.2, -0.15) is 0 Å². The number of rotatable bonds is 4. The van der Waals surface area contributed by atoms with E-state index in [0.29, 0.717) is 5.57 Å². The van der Waals surface area contributed by atoms with Crippen LogP contribution in [0.4, 0.5) is 8.78 Å². The molecule has 0 saturated carbocycles. The zero-order chi connectivity index (χ0) is 16.3. The van der Waals surface area contributed by atoms with Gasteiger partial charge in [0.05, 0.1) is 17.5 Å². The third kappa shape index (κ3) is 3.39. The maximum atomic E-state index is 14.0. The fourth-order valence-corrected chi connectivity index (χ4v) is 2.41. The normalized spacial score (nSPS) is 28.1. The van der Waals surface area contributed by atoms with E-state index < -0.39 is 29.7 Å². The summed E-state index contributed by atoms with van der Waals surface area (Å²) >= 11 is 0. The minimum absolute atomic E-state index is 0.0311. The van der Waals surface area contributed by atoms with E-state index in [1.165, 1.54) is 36.5 Å². The first-order valence-corrected chi connectivity index (χ1v) is 6.81. The molecule has 2 aliphatic carbocycles. The van der Waals surface area contributed by atoms with Gasteiger partial charge in [0.25, 0.3) is 0 Å². The Morgan fingerprint density at radius 1 is 1.36 bits per heavy atom. The molecule has 0 saturated heterocycles. The summed E-state index contributed by atoms with van der Waals surface area (Å²) in [6, 6.07) is 0. The Bertz CT molecular complexity index is 644. The van der Waals surface area contributed by atoms with Crippen LogP contribution in [0.5, 0.6) is 0 Å². The lowest BCUT2D eigenvalue weighted by Gasteiger charge is -2.24. The first-order valence-electron chi connectivity index (χ1n) is 6.81. The zero-order valence-corrected chi connectivity index (χ0v) is 11.8. The van der Waals surface area contributed by atoms with Crippen molar-refractivity contribution in [2.24, 2.45) is 23.3 Å². The van der Waals surface area contributed by atoms with Gasteiger partial charge in [-0.05, 0) is 23.8 Å². The molecule has 0 fully saturated rings. The highest BCUT2D eigenvalue weighted by Crippen LogP contribution is 2.31. The summed E-state index contributed by atoms with van der Waals surface area (Å²) in [6.07, 6.45) is 8.93. The Labute approximate surface area is 127 Å². The molecule has 0 aromatic heterocycles. The number of primary amides is 1. The summed E-state index contributed by atoms with van der Waals surface area (Å²) in [5, 5.41) is 7.96. The van der Waals surface area contributed by atoms with E-state index in [4.69, 9.17) is 16.9 Å². The van der Waals surface area contributed by atoms with Crippen LogP contribution in [-0.4, -0.2) is 17.8 Å². The fourth-order valence-electron chi connectivity index (χ4n) is 2.41. The molecule has 0 radical (unpaired) electrons. The topological polar surface area (TPSA) is 93.0 Å². The molecule has 3 unspecified atom stereocenters. The summed E-state index contributed by atoms with van der Waals surface area (Å²) in [4.78, 5) is 11.4. The largest absolute Gasteiger partial charge is 0.401 e. The second-order valence-electron chi connectivity index (χ2n) is 5.17. The standard InChI is InChI=1S/C16H17F2N3O/c17-10-6-4-9(5-7-10)13(19)8-14(20)15-11(16(21)22)2-1-3-12(15)18/h1-6,8,10-11,15,19H,7,20H2,(H2,21,22). The van der Waals surface area contributed by atoms with Crippen LogP contribution in [0.15, 0.2) is 59.6 Å². The third-order valence-corrected chi connectivity index (χ3v) is 3.59. The number of allylic oxidation sites excluding steroid dienone is 8. The molecule has 0 aliphatic heterocycles. The fraction of sp³-hybridized carbons (Fsp3) is 0.250. The van der Waals surface area contributed by atoms with Crippen molar-refractivity contribution in [3.05, 3.63) is 59.6 Å². The van der Waals surface area contributed by atoms with Crippen LogP contribution >= 0.6 is 0 Å². The molecular formula is C16H17F2N3O. The van der Waals surface area contributed by atoms with E-state index in [1.807, 2.05) is 0 Å². The van der Waals surface area contributed by atoms with Crippen LogP contribution in [0.3, 0.4) is 0 Å². The van der Waals surface area contributed by atoms with Gasteiger partial charge in [-0.15, -0.1) is 0 Å². The number of amides is 1. The average Bonchev–Trinajstić information content (AvgIpc) is 2.47. The molecule has 0 spiro atoms. The second kappa shape index (κ2) is 6.51. The number of alkyl halides is 1. The SMILES string of the molecule is N=C(C=C(N)C1C(F)=CC=CC1C(N)=O)C1=CCC(F)C=C1. The maximum Gasteiger partial charge on any atom is 0.225 e. The Balaban J connectivity index is 2.22. The smallest absolute Gasteiger partial charge is 0.225 e. The van der Waals surface area contributed by atoms with Crippen molar-refractivity contribution >= 4 is 11.6 Å². The van der Waals surface area contributed by atoms with Crippen LogP contribution < -0.4 is 11.5 Å². The molecule has 2 aliphatic rings. The molecule has 0 bridgehead atoms. The summed E-state index contributed by atoms with van der Waals surface area (Å²) < 4.78 is 27.0. The van der Waals surface area contributed by atoms with Crippen molar-refractivity contribution in [1.29, 1.82) is 5.41 Å². The summed E-state index contributed by atoms with van der Waals surface area (Å²) in [6.45, 7) is 0. The molecule has 0 heterocycles. The molecule has 116 valence electrons. The second-order valence-corrected chi connectivity index (χ2v) is 5.17. The molecule has 4 nitrogen and oxygen atoms in total. The zero-order valence-electron chi connectivity index (χ0n) is 11.8. The Morgan fingerprint density at radius 3 is 2.68 bits per heavy atom. The maximum absolute atomic E-state index is 14.0. The van der Waals surface area contributed by atoms with Crippen LogP contribution in [0.1, 0.15) is 6.42 Å². The monoisotopic (exact) mass is 305 g/mol. The van der Waals surface area contributed by atoms with Crippen molar-refractivity contribution in [3.63, 3.8) is 0 Å². The van der Waals surface area contributed by atoms with Crippen molar-refractivity contribution in [2.75, 3.05) is 0 Å². The molecule has 1 amide bonds. The van der Waals surface area contributed by atoms with Crippen molar-refractivity contribution < 1.29 is 13.6 Å². The number of carbonyl (C=O) groups excluding carboxylic acids is 1. The predicted molar refractivity (Wildman–Crippen MR) is 81.2 cm³/mol. The van der Waals surface area contributed by atoms with Crippen LogP contribution in [-0.2, 0) is 4.79 Å². The van der Waals surface area contributed by atoms with Crippen LogP contribution in [0.25, 0.3) is 0 Å². The van der Waals surface area contributed by atoms with Gasteiger partial charge in [-0.3, -0.25) is 4.79 Å². The van der Waals surface area contributed by atoms with Gasteiger partial charge in [0.1, 0.15) is 12.0 Å².